The first-order valence-electron chi connectivity index (χ1n) is 7.88. The van der Waals surface area contributed by atoms with Crippen molar-refractivity contribution in [2.24, 2.45) is 0 Å². The molecule has 3 aliphatic rings. The van der Waals surface area contributed by atoms with Crippen LogP contribution in [0.5, 0.6) is 0 Å². The molecule has 2 bridgehead atoms. The highest BCUT2D eigenvalue weighted by Crippen LogP contribution is 2.33. The molecule has 1 aromatic carbocycles. The number of hydrogen-bond acceptors (Lipinski definition) is 6. The molecule has 4 nitrogen and oxygen atoms in total. The summed E-state index contributed by atoms with van der Waals surface area (Å²) in [7, 11) is 0. The average Bonchev–Trinajstić information content (AvgIpc) is 2.84. The molecule has 2 aromatic rings. The quantitative estimate of drug-likeness (QED) is 0.803. The summed E-state index contributed by atoms with van der Waals surface area (Å²) in [6, 6.07) is 11.2. The number of anilines is 1. The van der Waals surface area contributed by atoms with Gasteiger partial charge in [0.1, 0.15) is 0 Å². The molecule has 3 fully saturated rings. The van der Waals surface area contributed by atoms with Gasteiger partial charge in [0.05, 0.1) is 0 Å². The monoisotopic (exact) mass is 332 g/mol. The highest BCUT2D eigenvalue weighted by molar-refractivity contribution is 8.00. The van der Waals surface area contributed by atoms with Gasteiger partial charge >= 0.3 is 0 Å². The number of rotatable bonds is 4. The minimum absolute atomic E-state index is 0.665. The Kier molecular flexibility index (Phi) is 4.32. The van der Waals surface area contributed by atoms with Crippen molar-refractivity contribution in [3.05, 3.63) is 35.9 Å². The minimum Gasteiger partial charge on any atom is -0.342 e. The van der Waals surface area contributed by atoms with E-state index in [0.717, 1.165) is 21.8 Å². The first-order chi connectivity index (χ1) is 10.9. The van der Waals surface area contributed by atoms with Crippen LogP contribution in [-0.4, -0.2) is 47.3 Å². The molecule has 0 amide bonds. The van der Waals surface area contributed by atoms with Crippen LogP contribution in [0.2, 0.25) is 0 Å². The molecule has 4 heterocycles. The van der Waals surface area contributed by atoms with Crippen molar-refractivity contribution in [1.29, 1.82) is 0 Å². The fraction of sp³-hybridized carbons (Fsp3) is 0.500. The molecule has 3 aliphatic heterocycles. The molecule has 116 valence electrons. The molecule has 0 radical (unpaired) electrons. The first kappa shape index (κ1) is 14.5. The van der Waals surface area contributed by atoms with E-state index in [1.807, 2.05) is 0 Å². The van der Waals surface area contributed by atoms with Crippen LogP contribution < -0.4 is 4.90 Å². The fourth-order valence-corrected chi connectivity index (χ4v) is 5.13. The summed E-state index contributed by atoms with van der Waals surface area (Å²) in [6.07, 6.45) is 2.54. The number of benzene rings is 1. The summed E-state index contributed by atoms with van der Waals surface area (Å²) in [4.78, 5) is 5.07. The first-order valence-corrected chi connectivity index (χ1v) is 9.68. The number of thioether (sulfide) groups is 1. The van der Waals surface area contributed by atoms with Crippen LogP contribution in [0.4, 0.5) is 5.13 Å². The van der Waals surface area contributed by atoms with E-state index >= 15 is 0 Å². The fourth-order valence-electron chi connectivity index (χ4n) is 3.23. The maximum Gasteiger partial charge on any atom is 0.209 e. The van der Waals surface area contributed by atoms with Crippen molar-refractivity contribution >= 4 is 28.2 Å². The summed E-state index contributed by atoms with van der Waals surface area (Å²) in [5.74, 6) is 0.965. The predicted molar refractivity (Wildman–Crippen MR) is 92.7 cm³/mol. The lowest BCUT2D eigenvalue weighted by atomic mass is 10.1. The Hall–Kier alpha value is -1.11. The number of piperidine rings is 1. The van der Waals surface area contributed by atoms with E-state index in [2.05, 4.69) is 50.3 Å². The van der Waals surface area contributed by atoms with Crippen molar-refractivity contribution < 1.29 is 0 Å². The van der Waals surface area contributed by atoms with Crippen molar-refractivity contribution in [3.63, 3.8) is 0 Å². The molecular weight excluding hydrogens is 312 g/mol. The van der Waals surface area contributed by atoms with Gasteiger partial charge in [-0.1, -0.05) is 53.4 Å². The van der Waals surface area contributed by atoms with Crippen LogP contribution in [0, 0.1) is 0 Å². The van der Waals surface area contributed by atoms with Crippen LogP contribution in [0.25, 0.3) is 0 Å². The minimum atomic E-state index is 0.665. The normalized spacial score (nSPS) is 24.5. The number of hydrogen-bond donors (Lipinski definition) is 0. The maximum atomic E-state index is 4.47. The zero-order valence-corrected chi connectivity index (χ0v) is 14.2. The van der Waals surface area contributed by atoms with Crippen molar-refractivity contribution in [2.75, 3.05) is 31.1 Å². The van der Waals surface area contributed by atoms with E-state index in [4.69, 9.17) is 0 Å². The second-order valence-electron chi connectivity index (χ2n) is 5.89. The Labute approximate surface area is 139 Å². The molecule has 0 atom stereocenters. The Morgan fingerprint density at radius 1 is 1.05 bits per heavy atom. The molecule has 5 rings (SSSR count). The average molecular weight is 332 g/mol. The second kappa shape index (κ2) is 6.56. The molecule has 0 saturated carbocycles. The van der Waals surface area contributed by atoms with Gasteiger partial charge in [0.25, 0.3) is 0 Å². The SMILES string of the molecule is c1ccc(CSc2nnc(N3CCN4CCC3CC4)s2)cc1. The predicted octanol–water partition coefficient (Wildman–Crippen LogP) is 3.11. The van der Waals surface area contributed by atoms with Crippen molar-refractivity contribution in [2.45, 2.75) is 29.0 Å². The molecular formula is C16H20N4S2. The van der Waals surface area contributed by atoms with Gasteiger partial charge in [0, 0.05) is 38.0 Å². The van der Waals surface area contributed by atoms with Crippen LogP contribution in [0.1, 0.15) is 18.4 Å². The Balaban J connectivity index is 1.42. The molecule has 1 aromatic heterocycles. The van der Waals surface area contributed by atoms with E-state index < -0.39 is 0 Å². The summed E-state index contributed by atoms with van der Waals surface area (Å²) < 4.78 is 1.08. The zero-order valence-electron chi connectivity index (χ0n) is 12.5. The van der Waals surface area contributed by atoms with Gasteiger partial charge in [-0.05, 0) is 18.4 Å². The standard InChI is InChI=1S/C16H20N4S2/c1-2-4-13(5-3-1)12-21-16-18-17-15(22-16)20-11-10-19-8-6-14(20)7-9-19/h1-5,14H,6-12H2. The molecule has 0 spiro atoms. The van der Waals surface area contributed by atoms with Crippen molar-refractivity contribution in [3.8, 4) is 0 Å². The highest BCUT2D eigenvalue weighted by Gasteiger charge is 2.30. The van der Waals surface area contributed by atoms with E-state index in [-0.39, 0.29) is 0 Å². The Morgan fingerprint density at radius 3 is 2.68 bits per heavy atom. The van der Waals surface area contributed by atoms with Gasteiger partial charge in [-0.2, -0.15) is 0 Å². The Bertz CT molecular complexity index is 608. The molecule has 0 aliphatic carbocycles. The smallest absolute Gasteiger partial charge is 0.209 e. The summed E-state index contributed by atoms with van der Waals surface area (Å²) in [5, 5.41) is 9.98. The lowest BCUT2D eigenvalue weighted by Crippen LogP contribution is -2.37. The summed E-state index contributed by atoms with van der Waals surface area (Å²) >= 11 is 3.54. The van der Waals surface area contributed by atoms with Crippen LogP contribution in [0.3, 0.4) is 0 Å². The Morgan fingerprint density at radius 2 is 1.86 bits per heavy atom. The van der Waals surface area contributed by atoms with Crippen molar-refractivity contribution in [1.82, 2.24) is 15.1 Å². The lowest BCUT2D eigenvalue weighted by Gasteiger charge is -2.30. The van der Waals surface area contributed by atoms with Crippen LogP contribution in [-0.2, 0) is 5.75 Å². The largest absolute Gasteiger partial charge is 0.342 e. The van der Waals surface area contributed by atoms with Crippen LogP contribution in [0.15, 0.2) is 34.7 Å². The van der Waals surface area contributed by atoms with E-state index in [9.17, 15) is 0 Å². The summed E-state index contributed by atoms with van der Waals surface area (Å²) in [5.41, 5.74) is 1.34. The second-order valence-corrected chi connectivity index (χ2v) is 8.07. The molecule has 0 unspecified atom stereocenters. The van der Waals surface area contributed by atoms with Gasteiger partial charge in [-0.3, -0.25) is 0 Å². The number of nitrogens with zero attached hydrogens (tertiary/aromatic N) is 4. The third-order valence-electron chi connectivity index (χ3n) is 4.50. The topological polar surface area (TPSA) is 32.3 Å². The van der Waals surface area contributed by atoms with Crippen LogP contribution >= 0.6 is 23.1 Å². The van der Waals surface area contributed by atoms with Gasteiger partial charge in [-0.25, -0.2) is 0 Å². The third-order valence-corrected chi connectivity index (χ3v) is 6.67. The zero-order chi connectivity index (χ0) is 14.8. The van der Waals surface area contributed by atoms with Gasteiger partial charge < -0.3 is 9.80 Å². The van der Waals surface area contributed by atoms with Gasteiger partial charge in [0.2, 0.25) is 5.13 Å². The number of aromatic nitrogens is 2. The number of fused-ring (bicyclic) bond motifs is 4. The highest BCUT2D eigenvalue weighted by atomic mass is 32.2. The lowest BCUT2D eigenvalue weighted by molar-refractivity contribution is 0.250. The molecule has 6 heteroatoms. The van der Waals surface area contributed by atoms with Gasteiger partial charge in [-0.15, -0.1) is 10.2 Å². The third kappa shape index (κ3) is 3.14. The van der Waals surface area contributed by atoms with E-state index in [1.165, 1.54) is 38.0 Å². The van der Waals surface area contributed by atoms with Gasteiger partial charge in [0.15, 0.2) is 4.34 Å². The maximum absolute atomic E-state index is 4.47. The summed E-state index contributed by atoms with van der Waals surface area (Å²) in [6.45, 7) is 4.76. The van der Waals surface area contributed by atoms with E-state index in [1.54, 1.807) is 23.1 Å². The molecule has 3 saturated heterocycles. The molecule has 0 N–H and O–H groups in total. The van der Waals surface area contributed by atoms with E-state index in [0.29, 0.717) is 6.04 Å². The molecule has 22 heavy (non-hydrogen) atoms.